The molecule has 1 heterocycles. The zero-order chi connectivity index (χ0) is 18.2. The molecule has 25 heavy (non-hydrogen) atoms. The van der Waals surface area contributed by atoms with Crippen LogP contribution >= 0.6 is 0 Å². The molecule has 2 rings (SSSR count). The lowest BCUT2D eigenvalue weighted by Gasteiger charge is -2.39. The van der Waals surface area contributed by atoms with Crippen LogP contribution in [0.1, 0.15) is 38.7 Å². The zero-order valence-corrected chi connectivity index (χ0v) is 15.2. The standard InChI is InChI=1S/C19H29N3O3/c1-3-21(19(24)25-14-16-9-5-4-6-10-16)13-17-11-7-8-12-22(17)18(23)15(2)20/h4-6,9-10,15,17H,3,7-8,11-14,20H2,1-2H3/t15-,17-/m0/s1. The Balaban J connectivity index is 1.94. The second-order valence-electron chi connectivity index (χ2n) is 6.55. The van der Waals surface area contributed by atoms with Crippen molar-refractivity contribution >= 4 is 12.0 Å². The summed E-state index contributed by atoms with van der Waals surface area (Å²) in [5, 5.41) is 0. The number of carbonyl (C=O) groups is 2. The highest BCUT2D eigenvalue weighted by molar-refractivity contribution is 5.81. The van der Waals surface area contributed by atoms with E-state index in [0.29, 0.717) is 19.6 Å². The van der Waals surface area contributed by atoms with Gasteiger partial charge < -0.3 is 20.3 Å². The average molecular weight is 347 g/mol. The molecule has 1 saturated heterocycles. The van der Waals surface area contributed by atoms with Crippen molar-refractivity contribution in [2.24, 2.45) is 5.73 Å². The fraction of sp³-hybridized carbons (Fsp3) is 0.579. The third-order valence-corrected chi connectivity index (χ3v) is 4.58. The molecule has 138 valence electrons. The predicted octanol–water partition coefficient (Wildman–Crippen LogP) is 2.37. The normalized spacial score (nSPS) is 18.5. The van der Waals surface area contributed by atoms with Crippen LogP contribution in [0.3, 0.4) is 0 Å². The van der Waals surface area contributed by atoms with Crippen LogP contribution in [0, 0.1) is 0 Å². The Labute approximate surface area is 149 Å². The number of likely N-dealkylation sites (N-methyl/N-ethyl adjacent to an activating group) is 1. The summed E-state index contributed by atoms with van der Waals surface area (Å²) < 4.78 is 5.42. The molecule has 1 aromatic rings. The molecule has 0 aromatic heterocycles. The number of carbonyl (C=O) groups excluding carboxylic acids is 2. The summed E-state index contributed by atoms with van der Waals surface area (Å²) in [6, 6.07) is 9.11. The van der Waals surface area contributed by atoms with Crippen LogP contribution in [0.5, 0.6) is 0 Å². The molecular weight excluding hydrogens is 318 g/mol. The van der Waals surface area contributed by atoms with Crippen molar-refractivity contribution in [3.63, 3.8) is 0 Å². The van der Waals surface area contributed by atoms with Crippen molar-refractivity contribution < 1.29 is 14.3 Å². The van der Waals surface area contributed by atoms with Crippen LogP contribution in [-0.4, -0.2) is 53.5 Å². The van der Waals surface area contributed by atoms with E-state index < -0.39 is 6.04 Å². The van der Waals surface area contributed by atoms with Gasteiger partial charge in [0, 0.05) is 25.7 Å². The number of piperidine rings is 1. The minimum absolute atomic E-state index is 0.0106. The van der Waals surface area contributed by atoms with Gasteiger partial charge in [0.15, 0.2) is 0 Å². The van der Waals surface area contributed by atoms with Gasteiger partial charge in [0.2, 0.25) is 5.91 Å². The lowest BCUT2D eigenvalue weighted by Crippen LogP contribution is -2.54. The summed E-state index contributed by atoms with van der Waals surface area (Å²) in [6.07, 6.45) is 2.59. The first-order chi connectivity index (χ1) is 12.0. The number of hydrogen-bond donors (Lipinski definition) is 1. The van der Waals surface area contributed by atoms with E-state index in [2.05, 4.69) is 0 Å². The highest BCUT2D eigenvalue weighted by atomic mass is 16.6. The largest absolute Gasteiger partial charge is 0.445 e. The van der Waals surface area contributed by atoms with Crippen molar-refractivity contribution in [1.29, 1.82) is 0 Å². The maximum absolute atomic E-state index is 12.4. The van der Waals surface area contributed by atoms with Gasteiger partial charge in [0.25, 0.3) is 0 Å². The quantitative estimate of drug-likeness (QED) is 0.857. The Bertz CT molecular complexity index is 562. The van der Waals surface area contributed by atoms with Crippen molar-refractivity contribution in [1.82, 2.24) is 9.80 Å². The van der Waals surface area contributed by atoms with E-state index >= 15 is 0 Å². The minimum atomic E-state index is -0.513. The molecule has 0 unspecified atom stereocenters. The third-order valence-electron chi connectivity index (χ3n) is 4.58. The molecule has 0 radical (unpaired) electrons. The predicted molar refractivity (Wildman–Crippen MR) is 96.9 cm³/mol. The summed E-state index contributed by atoms with van der Waals surface area (Å²) in [4.78, 5) is 28.2. The number of benzene rings is 1. The number of amides is 2. The highest BCUT2D eigenvalue weighted by Crippen LogP contribution is 2.19. The number of rotatable bonds is 6. The van der Waals surface area contributed by atoms with Crippen LogP contribution in [0.25, 0.3) is 0 Å². The Morgan fingerprint density at radius 1 is 1.32 bits per heavy atom. The molecule has 6 heteroatoms. The smallest absolute Gasteiger partial charge is 0.410 e. The topological polar surface area (TPSA) is 75.9 Å². The van der Waals surface area contributed by atoms with Gasteiger partial charge >= 0.3 is 6.09 Å². The zero-order valence-electron chi connectivity index (χ0n) is 15.2. The fourth-order valence-electron chi connectivity index (χ4n) is 3.14. The van der Waals surface area contributed by atoms with Crippen LogP contribution in [0.2, 0.25) is 0 Å². The van der Waals surface area contributed by atoms with Crippen molar-refractivity contribution in [3.05, 3.63) is 35.9 Å². The van der Waals surface area contributed by atoms with Gasteiger partial charge in [-0.05, 0) is 38.7 Å². The molecule has 0 bridgehead atoms. The second-order valence-corrected chi connectivity index (χ2v) is 6.55. The number of ether oxygens (including phenoxy) is 1. The second kappa shape index (κ2) is 9.42. The van der Waals surface area contributed by atoms with Gasteiger partial charge in [0.05, 0.1) is 6.04 Å². The summed E-state index contributed by atoms with van der Waals surface area (Å²) >= 11 is 0. The monoisotopic (exact) mass is 347 g/mol. The SMILES string of the molecule is CCN(C[C@@H]1CCCCN1C(=O)[C@H](C)N)C(=O)OCc1ccccc1. The van der Waals surface area contributed by atoms with Crippen LogP contribution in [-0.2, 0) is 16.1 Å². The van der Waals surface area contributed by atoms with Gasteiger partial charge in [-0.25, -0.2) is 4.79 Å². The van der Waals surface area contributed by atoms with E-state index in [0.717, 1.165) is 24.8 Å². The van der Waals surface area contributed by atoms with Gasteiger partial charge in [-0.1, -0.05) is 30.3 Å². The lowest BCUT2D eigenvalue weighted by atomic mass is 10.0. The van der Waals surface area contributed by atoms with Crippen molar-refractivity contribution in [2.45, 2.75) is 51.8 Å². The third kappa shape index (κ3) is 5.46. The number of likely N-dealkylation sites (tertiary alicyclic amines) is 1. The molecule has 2 atom stereocenters. The molecular formula is C19H29N3O3. The number of nitrogens with zero attached hydrogens (tertiary/aromatic N) is 2. The van der Waals surface area contributed by atoms with E-state index in [9.17, 15) is 9.59 Å². The minimum Gasteiger partial charge on any atom is -0.445 e. The van der Waals surface area contributed by atoms with Crippen LogP contribution in [0.4, 0.5) is 4.79 Å². The number of hydrogen-bond acceptors (Lipinski definition) is 4. The Hall–Kier alpha value is -2.08. The Morgan fingerprint density at radius 3 is 2.68 bits per heavy atom. The highest BCUT2D eigenvalue weighted by Gasteiger charge is 2.30. The van der Waals surface area contributed by atoms with Gasteiger partial charge in [-0.2, -0.15) is 0 Å². The molecule has 2 N–H and O–H groups in total. The fourth-order valence-corrected chi connectivity index (χ4v) is 3.14. The summed E-state index contributed by atoms with van der Waals surface area (Å²) in [5.74, 6) is -0.0431. The Kier molecular flexibility index (Phi) is 7.25. The molecule has 1 aromatic carbocycles. The van der Waals surface area contributed by atoms with E-state index in [1.165, 1.54) is 0 Å². The van der Waals surface area contributed by atoms with E-state index in [1.54, 1.807) is 11.8 Å². The first-order valence-corrected chi connectivity index (χ1v) is 9.04. The molecule has 1 aliphatic heterocycles. The van der Waals surface area contributed by atoms with Gasteiger partial charge in [-0.15, -0.1) is 0 Å². The molecule has 6 nitrogen and oxygen atoms in total. The first-order valence-electron chi connectivity index (χ1n) is 9.04. The summed E-state index contributed by atoms with van der Waals surface area (Å²) in [6.45, 7) is 5.63. The van der Waals surface area contributed by atoms with E-state index in [1.807, 2.05) is 42.2 Å². The Morgan fingerprint density at radius 2 is 2.04 bits per heavy atom. The lowest BCUT2D eigenvalue weighted by molar-refractivity contribution is -0.136. The molecule has 1 fully saturated rings. The maximum Gasteiger partial charge on any atom is 0.410 e. The molecule has 0 spiro atoms. The molecule has 0 aliphatic carbocycles. The van der Waals surface area contributed by atoms with Crippen LogP contribution < -0.4 is 5.73 Å². The van der Waals surface area contributed by atoms with E-state index in [4.69, 9.17) is 10.5 Å². The molecule has 0 saturated carbocycles. The van der Waals surface area contributed by atoms with Gasteiger partial charge in [0.1, 0.15) is 6.61 Å². The molecule has 1 aliphatic rings. The van der Waals surface area contributed by atoms with E-state index in [-0.39, 0.29) is 24.6 Å². The average Bonchev–Trinajstić information content (AvgIpc) is 2.64. The van der Waals surface area contributed by atoms with Crippen molar-refractivity contribution in [2.75, 3.05) is 19.6 Å². The molecule has 2 amide bonds. The number of nitrogens with two attached hydrogens (primary N) is 1. The van der Waals surface area contributed by atoms with Crippen molar-refractivity contribution in [3.8, 4) is 0 Å². The van der Waals surface area contributed by atoms with Gasteiger partial charge in [-0.3, -0.25) is 4.79 Å². The maximum atomic E-state index is 12.4. The van der Waals surface area contributed by atoms with Crippen LogP contribution in [0.15, 0.2) is 30.3 Å². The first kappa shape index (κ1) is 19.2. The summed E-state index contributed by atoms with van der Waals surface area (Å²) in [5.41, 5.74) is 6.72. The summed E-state index contributed by atoms with van der Waals surface area (Å²) in [7, 11) is 0.